The van der Waals surface area contributed by atoms with E-state index in [0.29, 0.717) is 0 Å². The molecule has 0 unspecified atom stereocenters. The molecule has 3 heteroatoms. The van der Waals surface area contributed by atoms with Crippen molar-refractivity contribution in [2.45, 2.75) is 0 Å². The Morgan fingerprint density at radius 3 is 2.00 bits per heavy atom. The fourth-order valence-electron chi connectivity index (χ4n) is 0.805. The van der Waals surface area contributed by atoms with E-state index in [4.69, 9.17) is 5.48 Å². The van der Waals surface area contributed by atoms with Crippen LogP contribution in [0.25, 0.3) is 0 Å². The minimum Gasteiger partial charge on any atom is -0.386 e. The van der Waals surface area contributed by atoms with Gasteiger partial charge in [-0.05, 0) is 12.1 Å². The Morgan fingerprint density at radius 2 is 1.55 bits per heavy atom. The molecule has 1 aromatic rings. The highest BCUT2D eigenvalue weighted by molar-refractivity contribution is 6.14. The van der Waals surface area contributed by atoms with Crippen LogP contribution in [-0.4, -0.2) is 11.9 Å². The molecule has 0 bridgehead atoms. The van der Waals surface area contributed by atoms with Crippen molar-refractivity contribution >= 4 is 11.9 Å². The van der Waals surface area contributed by atoms with Gasteiger partial charge in [0.2, 0.25) is 0 Å². The van der Waals surface area contributed by atoms with E-state index in [2.05, 4.69) is 4.74 Å². The third-order valence-electron chi connectivity index (χ3n) is 1.28. The lowest BCUT2D eigenvalue weighted by molar-refractivity contribution is 0.0444. The maximum atomic E-state index is 11.1. The molecule has 0 fully saturated rings. The summed E-state index contributed by atoms with van der Waals surface area (Å²) in [6, 6.07) is -2.18. The number of carbonyl (C=O) groups excluding carboxylic acids is 2. The number of rotatable bonds is 0. The van der Waals surface area contributed by atoms with Crippen molar-refractivity contribution < 1.29 is 19.8 Å². The first-order chi connectivity index (χ1) is 6.95. The topological polar surface area (TPSA) is 43.4 Å². The number of fused-ring (bicyclic) bond motifs is 1. The van der Waals surface area contributed by atoms with Gasteiger partial charge in [0.25, 0.3) is 0 Å². The smallest absolute Gasteiger partial charge is 0.346 e. The summed E-state index contributed by atoms with van der Waals surface area (Å²) in [6.45, 7) is 0. The van der Waals surface area contributed by atoms with Crippen molar-refractivity contribution in [3.63, 3.8) is 0 Å². The van der Waals surface area contributed by atoms with Gasteiger partial charge in [0.15, 0.2) is 0 Å². The summed E-state index contributed by atoms with van der Waals surface area (Å²) in [7, 11) is 0. The van der Waals surface area contributed by atoms with Gasteiger partial charge in [-0.15, -0.1) is 0 Å². The molecule has 1 aromatic carbocycles. The van der Waals surface area contributed by atoms with E-state index < -0.39 is 36.1 Å². The van der Waals surface area contributed by atoms with Crippen LogP contribution in [0.2, 0.25) is 0 Å². The van der Waals surface area contributed by atoms with E-state index >= 15 is 0 Å². The monoisotopic (exact) mass is 152 g/mol. The first kappa shape index (κ1) is 3.17. The van der Waals surface area contributed by atoms with Crippen LogP contribution in [0.5, 0.6) is 0 Å². The summed E-state index contributed by atoms with van der Waals surface area (Å²) >= 11 is 0. The molecule has 2 rings (SSSR count). The molecule has 0 aromatic heterocycles. The summed E-state index contributed by atoms with van der Waals surface area (Å²) in [4.78, 5) is 22.2. The third kappa shape index (κ3) is 0.741. The summed E-state index contributed by atoms with van der Waals surface area (Å²) < 4.78 is 33.6. The Hall–Kier alpha value is -1.64. The maximum Gasteiger partial charge on any atom is 0.346 e. The Labute approximate surface area is 68.2 Å². The van der Waals surface area contributed by atoms with Crippen LogP contribution in [0, 0.1) is 0 Å². The molecule has 11 heavy (non-hydrogen) atoms. The van der Waals surface area contributed by atoms with Gasteiger partial charge in [-0.25, -0.2) is 9.59 Å². The largest absolute Gasteiger partial charge is 0.386 e. The molecule has 0 saturated carbocycles. The number of hydrogen-bond donors (Lipinski definition) is 0. The molecular weight excluding hydrogens is 144 g/mol. The first-order valence-electron chi connectivity index (χ1n) is 4.82. The highest BCUT2D eigenvalue weighted by atomic mass is 16.6. The molecule has 0 amide bonds. The molecule has 0 spiro atoms. The summed E-state index contributed by atoms with van der Waals surface area (Å²) in [6.07, 6.45) is 0. The molecule has 54 valence electrons. The van der Waals surface area contributed by atoms with Crippen LogP contribution in [0.3, 0.4) is 0 Å². The quantitative estimate of drug-likeness (QED) is 0.411. The van der Waals surface area contributed by atoms with Gasteiger partial charge < -0.3 is 4.74 Å². The predicted molar refractivity (Wildman–Crippen MR) is 36.2 cm³/mol. The summed E-state index contributed by atoms with van der Waals surface area (Å²) in [5.41, 5.74) is -0.767. The van der Waals surface area contributed by atoms with Gasteiger partial charge >= 0.3 is 11.9 Å². The molecule has 0 radical (unpaired) electrons. The average Bonchev–Trinajstić information content (AvgIpc) is 2.47. The van der Waals surface area contributed by atoms with Crippen LogP contribution in [0.4, 0.5) is 0 Å². The van der Waals surface area contributed by atoms with E-state index in [9.17, 15) is 9.59 Å². The van der Waals surface area contributed by atoms with E-state index in [1.165, 1.54) is 0 Å². The zero-order valence-electron chi connectivity index (χ0n) is 9.22. The number of cyclic esters (lactones) is 2. The van der Waals surface area contributed by atoms with Crippen molar-refractivity contribution in [2.75, 3.05) is 0 Å². The molecule has 3 nitrogen and oxygen atoms in total. The van der Waals surface area contributed by atoms with Gasteiger partial charge in [0.1, 0.15) is 0 Å². The van der Waals surface area contributed by atoms with Crippen LogP contribution in [0.15, 0.2) is 24.2 Å². The maximum absolute atomic E-state index is 11.1. The van der Waals surface area contributed by atoms with Crippen molar-refractivity contribution in [1.82, 2.24) is 0 Å². The van der Waals surface area contributed by atoms with Crippen LogP contribution in [0.1, 0.15) is 26.2 Å². The SMILES string of the molecule is [2H]c1c([2H])c([2H])c2c(c1[2H])C(=O)OC2=O. The number of benzene rings is 1. The highest BCUT2D eigenvalue weighted by Gasteiger charge is 2.28. The lowest BCUT2D eigenvalue weighted by Gasteiger charge is -1.86. The number of esters is 2. The number of ether oxygens (including phenoxy) is 1. The summed E-state index contributed by atoms with van der Waals surface area (Å²) in [5, 5.41) is 0. The molecule has 1 aliphatic heterocycles. The molecular formula is C8H4O3. The minimum atomic E-state index is -1.03. The first-order valence-corrected chi connectivity index (χ1v) is 2.82. The molecule has 1 heterocycles. The Balaban J connectivity index is 2.92. The Kier molecular flexibility index (Phi) is 0.554. The average molecular weight is 152 g/mol. The van der Waals surface area contributed by atoms with Crippen LogP contribution < -0.4 is 0 Å². The fraction of sp³-hybridized carbons (Fsp3) is 0. The lowest BCUT2D eigenvalue weighted by atomic mass is 10.1. The second-order valence-corrected chi connectivity index (χ2v) is 1.93. The van der Waals surface area contributed by atoms with Crippen LogP contribution in [-0.2, 0) is 4.74 Å². The fourth-order valence-corrected chi connectivity index (χ4v) is 0.805. The highest BCUT2D eigenvalue weighted by Crippen LogP contribution is 2.18. The van der Waals surface area contributed by atoms with Gasteiger partial charge in [0, 0.05) is 0 Å². The van der Waals surface area contributed by atoms with Crippen molar-refractivity contribution in [3.05, 3.63) is 35.3 Å². The van der Waals surface area contributed by atoms with Crippen molar-refractivity contribution in [2.24, 2.45) is 0 Å². The van der Waals surface area contributed by atoms with E-state index in [1.54, 1.807) is 0 Å². The van der Waals surface area contributed by atoms with Gasteiger partial charge in [-0.2, -0.15) is 0 Å². The molecule has 0 N–H and O–H groups in total. The van der Waals surface area contributed by atoms with E-state index in [-0.39, 0.29) is 11.1 Å². The molecule has 0 saturated heterocycles. The second kappa shape index (κ2) is 1.92. The van der Waals surface area contributed by atoms with E-state index in [0.717, 1.165) is 0 Å². The van der Waals surface area contributed by atoms with Gasteiger partial charge in [-0.1, -0.05) is 12.1 Å². The lowest BCUT2D eigenvalue weighted by Crippen LogP contribution is -1.96. The van der Waals surface area contributed by atoms with E-state index in [1.807, 2.05) is 0 Å². The predicted octanol–water partition coefficient (Wildman–Crippen LogP) is 0.997. The minimum absolute atomic E-state index is 0.383. The Bertz CT molecular complexity index is 464. The number of carbonyl (C=O) groups is 2. The van der Waals surface area contributed by atoms with Gasteiger partial charge in [0.05, 0.1) is 16.6 Å². The molecule has 1 aliphatic rings. The zero-order valence-corrected chi connectivity index (χ0v) is 5.22. The zero-order chi connectivity index (χ0) is 11.3. The second-order valence-electron chi connectivity index (χ2n) is 1.93. The van der Waals surface area contributed by atoms with Gasteiger partial charge in [-0.3, -0.25) is 0 Å². The normalized spacial score (nSPS) is 19.6. The Morgan fingerprint density at radius 1 is 1.09 bits per heavy atom. The molecule has 0 aliphatic carbocycles. The standard InChI is InChI=1S/C8H4O3/c9-7-5-3-1-2-4-6(5)8(10)11-7/h1-4H/i1D,2D,3D,4D. The molecule has 0 atom stereocenters. The van der Waals surface area contributed by atoms with Crippen molar-refractivity contribution in [1.29, 1.82) is 0 Å². The summed E-state index contributed by atoms with van der Waals surface area (Å²) in [5.74, 6) is -2.05. The van der Waals surface area contributed by atoms with Crippen molar-refractivity contribution in [3.8, 4) is 0 Å². The number of hydrogen-bond acceptors (Lipinski definition) is 3. The third-order valence-corrected chi connectivity index (χ3v) is 1.28. The van der Waals surface area contributed by atoms with Crippen LogP contribution >= 0.6 is 0 Å².